The van der Waals surface area contributed by atoms with Crippen molar-refractivity contribution in [1.29, 1.82) is 0 Å². The van der Waals surface area contributed by atoms with Crippen LogP contribution in [0.5, 0.6) is 0 Å². The molecule has 1 N–H and O–H groups in total. The summed E-state index contributed by atoms with van der Waals surface area (Å²) in [5.74, 6) is 1.84. The molecule has 3 nitrogen and oxygen atoms in total. The number of imidazole rings is 1. The van der Waals surface area contributed by atoms with Crippen LogP contribution < -0.4 is 0 Å². The molecule has 18 heavy (non-hydrogen) atoms. The van der Waals surface area contributed by atoms with E-state index in [9.17, 15) is 0 Å². The van der Waals surface area contributed by atoms with Gasteiger partial charge in [0.25, 0.3) is 0 Å². The molecule has 0 spiro atoms. The lowest BCUT2D eigenvalue weighted by Gasteiger charge is -2.02. The highest BCUT2D eigenvalue weighted by atomic mass is 32.1. The summed E-state index contributed by atoms with van der Waals surface area (Å²) in [6.45, 7) is 4.68. The molecule has 0 aliphatic heterocycles. The Morgan fingerprint density at radius 3 is 2.78 bits per heavy atom. The molecule has 2 aromatic heterocycles. The Bertz CT molecular complexity index is 764. The van der Waals surface area contributed by atoms with Crippen molar-refractivity contribution < 1.29 is 4.42 Å². The standard InChI is InChI=1S/C14H14N2OS/c1-9-3-6-13-12(7-9)15-14(18)16(13)8-11-5-4-10(2)17-11/h3-7H,8H2,1-2H3,(H,15,18). The number of hydrogen-bond donors (Lipinski definition) is 1. The number of nitrogens with one attached hydrogen (secondary N) is 1. The second-order valence-electron chi connectivity index (χ2n) is 4.55. The number of H-pyrrole nitrogens is 1. The third-order valence-corrected chi connectivity index (χ3v) is 3.36. The normalized spacial score (nSPS) is 11.2. The molecule has 0 bridgehead atoms. The zero-order valence-corrected chi connectivity index (χ0v) is 11.2. The molecular weight excluding hydrogens is 244 g/mol. The molecule has 4 heteroatoms. The van der Waals surface area contributed by atoms with Crippen molar-refractivity contribution in [3.05, 3.63) is 52.2 Å². The number of hydrogen-bond acceptors (Lipinski definition) is 2. The summed E-state index contributed by atoms with van der Waals surface area (Å²) in [6.07, 6.45) is 0. The predicted octanol–water partition coefficient (Wildman–Crippen LogP) is 3.96. The molecule has 0 atom stereocenters. The average Bonchev–Trinajstić information content (AvgIpc) is 2.84. The topological polar surface area (TPSA) is 33.9 Å². The van der Waals surface area contributed by atoms with Crippen LogP contribution >= 0.6 is 12.2 Å². The van der Waals surface area contributed by atoms with E-state index in [1.165, 1.54) is 5.56 Å². The van der Waals surface area contributed by atoms with Crippen molar-refractivity contribution in [2.75, 3.05) is 0 Å². The number of furan rings is 1. The molecule has 0 aliphatic rings. The number of aryl methyl sites for hydroxylation is 2. The van der Waals surface area contributed by atoms with Gasteiger partial charge >= 0.3 is 0 Å². The quantitative estimate of drug-likeness (QED) is 0.706. The molecule has 3 rings (SSSR count). The minimum Gasteiger partial charge on any atom is -0.464 e. The number of aromatic amines is 1. The van der Waals surface area contributed by atoms with Gasteiger partial charge in [-0.2, -0.15) is 0 Å². The molecule has 1 aromatic carbocycles. The van der Waals surface area contributed by atoms with Crippen LogP contribution in [0.25, 0.3) is 11.0 Å². The molecule has 0 saturated heterocycles. The van der Waals surface area contributed by atoms with Gasteiger partial charge < -0.3 is 14.0 Å². The zero-order chi connectivity index (χ0) is 12.7. The van der Waals surface area contributed by atoms with Gasteiger partial charge in [-0.15, -0.1) is 0 Å². The smallest absolute Gasteiger partial charge is 0.178 e. The van der Waals surface area contributed by atoms with Crippen LogP contribution in [0.3, 0.4) is 0 Å². The van der Waals surface area contributed by atoms with Gasteiger partial charge in [-0.1, -0.05) is 6.07 Å². The second-order valence-corrected chi connectivity index (χ2v) is 4.94. The fourth-order valence-electron chi connectivity index (χ4n) is 2.16. The van der Waals surface area contributed by atoms with E-state index >= 15 is 0 Å². The first-order valence-electron chi connectivity index (χ1n) is 5.88. The lowest BCUT2D eigenvalue weighted by molar-refractivity contribution is 0.471. The number of aromatic nitrogens is 2. The number of fused-ring (bicyclic) bond motifs is 1. The molecule has 92 valence electrons. The van der Waals surface area contributed by atoms with E-state index in [4.69, 9.17) is 16.6 Å². The molecule has 0 aliphatic carbocycles. The van der Waals surface area contributed by atoms with Crippen molar-refractivity contribution >= 4 is 23.3 Å². The molecule has 0 amide bonds. The summed E-state index contributed by atoms with van der Waals surface area (Å²) >= 11 is 5.37. The van der Waals surface area contributed by atoms with E-state index < -0.39 is 0 Å². The van der Waals surface area contributed by atoms with Gasteiger partial charge in [-0.25, -0.2) is 0 Å². The fraction of sp³-hybridized carbons (Fsp3) is 0.214. The molecule has 0 radical (unpaired) electrons. The second kappa shape index (κ2) is 4.14. The summed E-state index contributed by atoms with van der Waals surface area (Å²) in [5, 5.41) is 0. The van der Waals surface area contributed by atoms with Crippen LogP contribution in [-0.4, -0.2) is 9.55 Å². The molecule has 2 heterocycles. The first-order chi connectivity index (χ1) is 8.63. The minimum absolute atomic E-state index is 0.662. The molecule has 0 saturated carbocycles. The van der Waals surface area contributed by atoms with Gasteiger partial charge in [-0.05, 0) is 55.9 Å². The van der Waals surface area contributed by atoms with Crippen molar-refractivity contribution in [3.8, 4) is 0 Å². The zero-order valence-electron chi connectivity index (χ0n) is 10.4. The highest BCUT2D eigenvalue weighted by Crippen LogP contribution is 2.18. The van der Waals surface area contributed by atoms with Gasteiger partial charge in [0.05, 0.1) is 17.6 Å². The summed E-state index contributed by atoms with van der Waals surface area (Å²) in [7, 11) is 0. The Balaban J connectivity index is 2.11. The van der Waals surface area contributed by atoms with Gasteiger partial charge in [0, 0.05) is 0 Å². The molecule has 0 fully saturated rings. The number of rotatable bonds is 2. The SMILES string of the molecule is Cc1ccc2c(c1)[nH]c(=S)n2Cc1ccc(C)o1. The summed E-state index contributed by atoms with van der Waals surface area (Å²) < 4.78 is 8.39. The summed E-state index contributed by atoms with van der Waals surface area (Å²) in [4.78, 5) is 3.23. The van der Waals surface area contributed by atoms with Gasteiger partial charge in [0.2, 0.25) is 0 Å². The first kappa shape index (κ1) is 11.3. The Labute approximate surface area is 110 Å². The molecule has 3 aromatic rings. The summed E-state index contributed by atoms with van der Waals surface area (Å²) in [6, 6.07) is 10.2. The van der Waals surface area contributed by atoms with Crippen molar-refractivity contribution in [2.45, 2.75) is 20.4 Å². The van der Waals surface area contributed by atoms with Gasteiger partial charge in [0.15, 0.2) is 4.77 Å². The van der Waals surface area contributed by atoms with Crippen LogP contribution in [0.1, 0.15) is 17.1 Å². The van der Waals surface area contributed by atoms with Crippen LogP contribution in [0, 0.1) is 18.6 Å². The Morgan fingerprint density at radius 1 is 1.22 bits per heavy atom. The third kappa shape index (κ3) is 1.88. The highest BCUT2D eigenvalue weighted by Gasteiger charge is 2.07. The largest absolute Gasteiger partial charge is 0.464 e. The monoisotopic (exact) mass is 258 g/mol. The lowest BCUT2D eigenvalue weighted by atomic mass is 10.2. The average molecular weight is 258 g/mol. The number of benzene rings is 1. The van der Waals surface area contributed by atoms with E-state index in [1.54, 1.807) is 0 Å². The Kier molecular flexibility index (Phi) is 2.59. The Morgan fingerprint density at radius 2 is 2.06 bits per heavy atom. The van der Waals surface area contributed by atoms with Crippen molar-refractivity contribution in [1.82, 2.24) is 9.55 Å². The highest BCUT2D eigenvalue weighted by molar-refractivity contribution is 7.71. The van der Waals surface area contributed by atoms with Crippen LogP contribution in [0.15, 0.2) is 34.7 Å². The maximum atomic E-state index is 5.60. The fourth-order valence-corrected chi connectivity index (χ4v) is 2.43. The minimum atomic E-state index is 0.662. The van der Waals surface area contributed by atoms with Gasteiger partial charge in [0.1, 0.15) is 11.5 Å². The maximum absolute atomic E-state index is 5.60. The number of nitrogens with zero attached hydrogens (tertiary/aromatic N) is 1. The van der Waals surface area contributed by atoms with Crippen LogP contribution in [0.2, 0.25) is 0 Å². The van der Waals surface area contributed by atoms with Crippen molar-refractivity contribution in [2.24, 2.45) is 0 Å². The predicted molar refractivity (Wildman–Crippen MR) is 74.4 cm³/mol. The summed E-state index contributed by atoms with van der Waals surface area (Å²) in [5.41, 5.74) is 3.41. The van der Waals surface area contributed by atoms with E-state index in [0.29, 0.717) is 6.54 Å². The van der Waals surface area contributed by atoms with Crippen LogP contribution in [0.4, 0.5) is 0 Å². The molecular formula is C14H14N2OS. The molecule has 0 unspecified atom stereocenters. The van der Waals surface area contributed by atoms with E-state index in [-0.39, 0.29) is 0 Å². The lowest BCUT2D eigenvalue weighted by Crippen LogP contribution is -1.98. The van der Waals surface area contributed by atoms with Crippen LogP contribution in [-0.2, 0) is 6.54 Å². The van der Waals surface area contributed by atoms with Crippen molar-refractivity contribution in [3.63, 3.8) is 0 Å². The Hall–Kier alpha value is -1.81. The van der Waals surface area contributed by atoms with E-state index in [2.05, 4.69) is 34.7 Å². The first-order valence-corrected chi connectivity index (χ1v) is 6.29. The van der Waals surface area contributed by atoms with E-state index in [1.807, 2.05) is 19.1 Å². The van der Waals surface area contributed by atoms with Gasteiger partial charge in [-0.3, -0.25) is 0 Å². The van der Waals surface area contributed by atoms with E-state index in [0.717, 1.165) is 27.3 Å². The third-order valence-electron chi connectivity index (χ3n) is 3.04. The maximum Gasteiger partial charge on any atom is 0.178 e.